The summed E-state index contributed by atoms with van der Waals surface area (Å²) in [5, 5.41) is 2.01. The summed E-state index contributed by atoms with van der Waals surface area (Å²) in [5.41, 5.74) is -0.161. The summed E-state index contributed by atoms with van der Waals surface area (Å²) in [7, 11) is 3.07. The van der Waals surface area contributed by atoms with E-state index >= 15 is 0 Å². The second-order valence-corrected chi connectivity index (χ2v) is 5.74. The van der Waals surface area contributed by atoms with Crippen LogP contribution in [0.3, 0.4) is 0 Å². The van der Waals surface area contributed by atoms with E-state index in [0.29, 0.717) is 5.75 Å². The molecule has 0 aliphatic carbocycles. The maximum absolute atomic E-state index is 12.9. The third-order valence-corrected chi connectivity index (χ3v) is 3.75. The normalized spacial score (nSPS) is 11.1. The van der Waals surface area contributed by atoms with Gasteiger partial charge in [0.05, 0.1) is 17.7 Å². The first-order chi connectivity index (χ1) is 11.7. The van der Waals surface area contributed by atoms with E-state index in [1.54, 1.807) is 18.2 Å². The lowest BCUT2D eigenvalue weighted by Gasteiger charge is -2.19. The van der Waals surface area contributed by atoms with Crippen LogP contribution in [-0.2, 0) is 12.7 Å². The van der Waals surface area contributed by atoms with Crippen molar-refractivity contribution in [2.45, 2.75) is 12.7 Å². The monoisotopic (exact) mass is 372 g/mol. The summed E-state index contributed by atoms with van der Waals surface area (Å²) in [6, 6.07) is 9.82. The van der Waals surface area contributed by atoms with Crippen LogP contribution in [-0.4, -0.2) is 25.1 Å². The Balaban J connectivity index is 2.08. The van der Waals surface area contributed by atoms with Crippen LogP contribution in [0.15, 0.2) is 42.5 Å². The lowest BCUT2D eigenvalue weighted by atomic mass is 10.2. The molecule has 0 aliphatic rings. The first-order valence-electron chi connectivity index (χ1n) is 7.22. The topological polar surface area (TPSA) is 41.6 Å². The van der Waals surface area contributed by atoms with Crippen LogP contribution >= 0.6 is 11.6 Å². The number of methoxy groups -OCH3 is 1. The van der Waals surface area contributed by atoms with Crippen molar-refractivity contribution in [1.29, 1.82) is 0 Å². The highest BCUT2D eigenvalue weighted by Crippen LogP contribution is 2.36. The predicted octanol–water partition coefficient (Wildman–Crippen LogP) is 5.03. The molecule has 0 radical (unpaired) electrons. The number of rotatable bonds is 4. The standard InChI is InChI=1S/C17H16ClF3N2O2/c1-23(10-11-4-3-5-13(8-11)25-2)16(24)22-12-6-7-15(18)14(9-12)17(19,20)21/h3-9H,10H2,1-2H3,(H,22,24). The summed E-state index contributed by atoms with van der Waals surface area (Å²) < 4.78 is 43.7. The molecular formula is C17H16ClF3N2O2. The van der Waals surface area contributed by atoms with Crippen molar-refractivity contribution in [3.05, 3.63) is 58.6 Å². The molecule has 8 heteroatoms. The molecule has 0 spiro atoms. The van der Waals surface area contributed by atoms with Gasteiger partial charge in [0.1, 0.15) is 5.75 Å². The van der Waals surface area contributed by atoms with E-state index in [9.17, 15) is 18.0 Å². The molecule has 0 aromatic heterocycles. The van der Waals surface area contributed by atoms with Crippen molar-refractivity contribution in [2.24, 2.45) is 0 Å². The molecule has 0 aliphatic heterocycles. The molecule has 4 nitrogen and oxygen atoms in total. The Labute approximate surface area is 148 Å². The number of benzene rings is 2. The average Bonchev–Trinajstić information content (AvgIpc) is 2.55. The van der Waals surface area contributed by atoms with Crippen LogP contribution < -0.4 is 10.1 Å². The number of nitrogens with zero attached hydrogens (tertiary/aromatic N) is 1. The number of carbonyl (C=O) groups is 1. The second kappa shape index (κ2) is 7.65. The number of hydrogen-bond donors (Lipinski definition) is 1. The van der Waals surface area contributed by atoms with Gasteiger partial charge < -0.3 is 15.0 Å². The first-order valence-corrected chi connectivity index (χ1v) is 7.60. The Morgan fingerprint density at radius 1 is 1.24 bits per heavy atom. The fourth-order valence-corrected chi connectivity index (χ4v) is 2.38. The zero-order valence-electron chi connectivity index (χ0n) is 13.5. The quantitative estimate of drug-likeness (QED) is 0.817. The largest absolute Gasteiger partial charge is 0.497 e. The lowest BCUT2D eigenvalue weighted by molar-refractivity contribution is -0.137. The third-order valence-electron chi connectivity index (χ3n) is 3.42. The summed E-state index contributed by atoms with van der Waals surface area (Å²) in [6.07, 6.45) is -4.59. The van der Waals surface area contributed by atoms with E-state index in [-0.39, 0.29) is 12.2 Å². The molecule has 2 aromatic carbocycles. The Hall–Kier alpha value is -2.41. The molecule has 0 saturated carbocycles. The number of carbonyl (C=O) groups excluding carboxylic acids is 1. The van der Waals surface area contributed by atoms with Gasteiger partial charge in [0.25, 0.3) is 0 Å². The smallest absolute Gasteiger partial charge is 0.417 e. The molecule has 134 valence electrons. The maximum atomic E-state index is 12.9. The number of amides is 2. The SMILES string of the molecule is COc1cccc(CN(C)C(=O)Nc2ccc(Cl)c(C(F)(F)F)c2)c1. The van der Waals surface area contributed by atoms with E-state index in [0.717, 1.165) is 17.7 Å². The van der Waals surface area contributed by atoms with Gasteiger partial charge in [-0.15, -0.1) is 0 Å². The summed E-state index contributed by atoms with van der Waals surface area (Å²) >= 11 is 5.56. The number of ether oxygens (including phenoxy) is 1. The van der Waals surface area contributed by atoms with E-state index in [1.807, 2.05) is 6.07 Å². The molecule has 0 unspecified atom stereocenters. The van der Waals surface area contributed by atoms with Crippen molar-refractivity contribution < 1.29 is 22.7 Å². The zero-order chi connectivity index (χ0) is 18.6. The summed E-state index contributed by atoms with van der Waals surface area (Å²) in [4.78, 5) is 13.5. The molecule has 1 N–H and O–H groups in total. The average molecular weight is 373 g/mol. The number of halogens is 4. The Kier molecular flexibility index (Phi) is 5.79. The molecule has 0 bridgehead atoms. The van der Waals surface area contributed by atoms with Gasteiger partial charge >= 0.3 is 12.2 Å². The van der Waals surface area contributed by atoms with Gasteiger partial charge in [0.2, 0.25) is 0 Å². The minimum Gasteiger partial charge on any atom is -0.497 e. The second-order valence-electron chi connectivity index (χ2n) is 5.33. The predicted molar refractivity (Wildman–Crippen MR) is 89.9 cm³/mol. The molecule has 0 saturated heterocycles. The summed E-state index contributed by atoms with van der Waals surface area (Å²) in [6.45, 7) is 0.267. The number of hydrogen-bond acceptors (Lipinski definition) is 2. The van der Waals surface area contributed by atoms with E-state index in [2.05, 4.69) is 5.32 Å². The van der Waals surface area contributed by atoms with Crippen molar-refractivity contribution in [3.8, 4) is 5.75 Å². The highest BCUT2D eigenvalue weighted by atomic mass is 35.5. The molecule has 0 fully saturated rings. The van der Waals surface area contributed by atoms with E-state index in [1.165, 1.54) is 25.1 Å². The minimum absolute atomic E-state index is 0.0132. The van der Waals surface area contributed by atoms with Crippen LogP contribution in [0.5, 0.6) is 5.75 Å². The van der Waals surface area contributed by atoms with Gasteiger partial charge in [0.15, 0.2) is 0 Å². The van der Waals surface area contributed by atoms with Crippen LogP contribution in [0.25, 0.3) is 0 Å². The van der Waals surface area contributed by atoms with Crippen molar-refractivity contribution in [1.82, 2.24) is 4.90 Å². The number of alkyl halides is 3. The first kappa shape index (κ1) is 18.9. The van der Waals surface area contributed by atoms with Crippen LogP contribution in [0.2, 0.25) is 5.02 Å². The number of anilines is 1. The minimum atomic E-state index is -4.59. The Morgan fingerprint density at radius 3 is 2.60 bits per heavy atom. The van der Waals surface area contributed by atoms with Gasteiger partial charge in [-0.05, 0) is 35.9 Å². The lowest BCUT2D eigenvalue weighted by Crippen LogP contribution is -2.30. The van der Waals surface area contributed by atoms with Crippen molar-refractivity contribution in [3.63, 3.8) is 0 Å². The Morgan fingerprint density at radius 2 is 1.96 bits per heavy atom. The van der Waals surface area contributed by atoms with Gasteiger partial charge in [-0.1, -0.05) is 23.7 Å². The zero-order valence-corrected chi connectivity index (χ0v) is 14.3. The molecule has 2 rings (SSSR count). The van der Waals surface area contributed by atoms with Crippen LogP contribution in [0.4, 0.5) is 23.7 Å². The fraction of sp³-hybridized carbons (Fsp3) is 0.235. The van der Waals surface area contributed by atoms with Crippen LogP contribution in [0, 0.1) is 0 Å². The van der Waals surface area contributed by atoms with Crippen molar-refractivity contribution in [2.75, 3.05) is 19.5 Å². The molecule has 2 amide bonds. The summed E-state index contributed by atoms with van der Waals surface area (Å²) in [5.74, 6) is 0.652. The molecule has 0 heterocycles. The van der Waals surface area contributed by atoms with Crippen molar-refractivity contribution >= 4 is 23.3 Å². The van der Waals surface area contributed by atoms with E-state index < -0.39 is 22.8 Å². The number of nitrogens with one attached hydrogen (secondary N) is 1. The number of urea groups is 1. The molecular weight excluding hydrogens is 357 g/mol. The fourth-order valence-electron chi connectivity index (χ4n) is 2.16. The van der Waals surface area contributed by atoms with Gasteiger partial charge in [-0.2, -0.15) is 13.2 Å². The van der Waals surface area contributed by atoms with Gasteiger partial charge in [-0.25, -0.2) is 4.79 Å². The van der Waals surface area contributed by atoms with Gasteiger partial charge in [0, 0.05) is 19.3 Å². The molecule has 2 aromatic rings. The molecule has 0 atom stereocenters. The van der Waals surface area contributed by atoms with Crippen LogP contribution in [0.1, 0.15) is 11.1 Å². The Bertz CT molecular complexity index is 766. The van der Waals surface area contributed by atoms with E-state index in [4.69, 9.17) is 16.3 Å². The highest BCUT2D eigenvalue weighted by molar-refractivity contribution is 6.31. The third kappa shape index (κ3) is 5.03. The highest BCUT2D eigenvalue weighted by Gasteiger charge is 2.33. The maximum Gasteiger partial charge on any atom is 0.417 e. The molecule has 25 heavy (non-hydrogen) atoms. The van der Waals surface area contributed by atoms with Gasteiger partial charge in [-0.3, -0.25) is 0 Å².